The third kappa shape index (κ3) is 3.17. The Labute approximate surface area is 122 Å². The summed E-state index contributed by atoms with van der Waals surface area (Å²) >= 11 is 0. The standard InChI is InChI=1S/C18H27NO/c1-3-7-19-18(16-11-14-10-15(14)12-16)9-13-5-4-6-17(8-13)20-2/h4-6,8,14-16,18-19H,3,7,9-12H2,1-2H3. The van der Waals surface area contributed by atoms with E-state index >= 15 is 0 Å². The van der Waals surface area contributed by atoms with E-state index in [9.17, 15) is 0 Å². The Balaban J connectivity index is 1.65. The van der Waals surface area contributed by atoms with Crippen LogP contribution in [-0.2, 0) is 6.42 Å². The monoisotopic (exact) mass is 273 g/mol. The molecule has 2 heteroatoms. The zero-order valence-electron chi connectivity index (χ0n) is 12.8. The largest absolute Gasteiger partial charge is 0.497 e. The first-order chi connectivity index (χ1) is 9.80. The van der Waals surface area contributed by atoms with E-state index in [1.165, 1.54) is 31.2 Å². The van der Waals surface area contributed by atoms with Gasteiger partial charge in [0.2, 0.25) is 0 Å². The molecule has 2 fully saturated rings. The predicted octanol–water partition coefficient (Wildman–Crippen LogP) is 3.65. The number of methoxy groups -OCH3 is 1. The number of fused-ring (bicyclic) bond motifs is 1. The van der Waals surface area contributed by atoms with Crippen LogP contribution in [-0.4, -0.2) is 19.7 Å². The molecule has 0 spiro atoms. The highest BCUT2D eigenvalue weighted by atomic mass is 16.5. The highest BCUT2D eigenvalue weighted by Crippen LogP contribution is 2.55. The quantitative estimate of drug-likeness (QED) is 0.818. The van der Waals surface area contributed by atoms with Crippen molar-refractivity contribution in [1.29, 1.82) is 0 Å². The Morgan fingerprint density at radius 1 is 1.25 bits per heavy atom. The molecular formula is C18H27NO. The average Bonchev–Trinajstić information content (AvgIpc) is 3.10. The lowest BCUT2D eigenvalue weighted by Gasteiger charge is -2.26. The Morgan fingerprint density at radius 3 is 2.75 bits per heavy atom. The first kappa shape index (κ1) is 13.9. The number of nitrogens with one attached hydrogen (secondary N) is 1. The molecular weight excluding hydrogens is 246 g/mol. The van der Waals surface area contributed by atoms with Crippen LogP contribution in [0.2, 0.25) is 0 Å². The summed E-state index contributed by atoms with van der Waals surface area (Å²) in [5, 5.41) is 3.80. The molecule has 1 aromatic carbocycles. The van der Waals surface area contributed by atoms with Crippen LogP contribution in [0.15, 0.2) is 24.3 Å². The van der Waals surface area contributed by atoms with E-state index in [0.29, 0.717) is 6.04 Å². The number of hydrogen-bond acceptors (Lipinski definition) is 2. The number of hydrogen-bond donors (Lipinski definition) is 1. The summed E-state index contributed by atoms with van der Waals surface area (Å²) in [6.07, 6.45) is 6.78. The topological polar surface area (TPSA) is 21.3 Å². The van der Waals surface area contributed by atoms with Crippen LogP contribution in [0.4, 0.5) is 0 Å². The Kier molecular flexibility index (Phi) is 4.30. The van der Waals surface area contributed by atoms with Gasteiger partial charge in [0.15, 0.2) is 0 Å². The van der Waals surface area contributed by atoms with E-state index in [-0.39, 0.29) is 0 Å². The fraction of sp³-hybridized carbons (Fsp3) is 0.667. The van der Waals surface area contributed by atoms with Crippen LogP contribution >= 0.6 is 0 Å². The Hall–Kier alpha value is -1.02. The van der Waals surface area contributed by atoms with Crippen molar-refractivity contribution in [2.45, 2.75) is 45.1 Å². The average molecular weight is 273 g/mol. The molecule has 2 aliphatic carbocycles. The first-order valence-corrected chi connectivity index (χ1v) is 8.16. The second-order valence-corrected chi connectivity index (χ2v) is 6.60. The van der Waals surface area contributed by atoms with Crippen LogP contribution in [0, 0.1) is 17.8 Å². The number of rotatable bonds is 7. The van der Waals surface area contributed by atoms with E-state index in [1.807, 2.05) is 6.07 Å². The molecule has 110 valence electrons. The van der Waals surface area contributed by atoms with Crippen LogP contribution < -0.4 is 10.1 Å². The Bertz CT molecular complexity index is 435. The van der Waals surface area contributed by atoms with E-state index < -0.39 is 0 Å². The van der Waals surface area contributed by atoms with Crippen molar-refractivity contribution in [1.82, 2.24) is 5.32 Å². The van der Waals surface area contributed by atoms with Crippen molar-refractivity contribution < 1.29 is 4.74 Å². The van der Waals surface area contributed by atoms with E-state index in [2.05, 4.69) is 30.4 Å². The molecule has 2 aliphatic rings. The van der Waals surface area contributed by atoms with Gasteiger partial charge in [-0.05, 0) is 74.1 Å². The van der Waals surface area contributed by atoms with Crippen LogP contribution in [0.25, 0.3) is 0 Å². The molecule has 3 rings (SSSR count). The molecule has 0 saturated heterocycles. The lowest BCUT2D eigenvalue weighted by atomic mass is 9.89. The molecule has 2 nitrogen and oxygen atoms in total. The van der Waals surface area contributed by atoms with Gasteiger partial charge in [-0.3, -0.25) is 0 Å². The van der Waals surface area contributed by atoms with Crippen LogP contribution in [0.1, 0.15) is 38.2 Å². The zero-order chi connectivity index (χ0) is 13.9. The molecule has 0 aromatic heterocycles. The van der Waals surface area contributed by atoms with E-state index in [4.69, 9.17) is 4.74 Å². The normalized spacial score (nSPS) is 29.0. The summed E-state index contributed by atoms with van der Waals surface area (Å²) in [5.41, 5.74) is 1.40. The van der Waals surface area contributed by atoms with Crippen molar-refractivity contribution in [3.63, 3.8) is 0 Å². The molecule has 0 aliphatic heterocycles. The van der Waals surface area contributed by atoms with Gasteiger partial charge in [0, 0.05) is 6.04 Å². The van der Waals surface area contributed by atoms with Crippen molar-refractivity contribution in [3.8, 4) is 5.75 Å². The summed E-state index contributed by atoms with van der Waals surface area (Å²) in [4.78, 5) is 0. The van der Waals surface area contributed by atoms with Crippen molar-refractivity contribution in [2.75, 3.05) is 13.7 Å². The van der Waals surface area contributed by atoms with Crippen molar-refractivity contribution >= 4 is 0 Å². The van der Waals surface area contributed by atoms with Gasteiger partial charge in [-0.25, -0.2) is 0 Å². The predicted molar refractivity (Wildman–Crippen MR) is 83.1 cm³/mol. The lowest BCUT2D eigenvalue weighted by Crippen LogP contribution is -2.38. The lowest BCUT2D eigenvalue weighted by molar-refractivity contribution is 0.332. The molecule has 0 amide bonds. The minimum Gasteiger partial charge on any atom is -0.497 e. The second-order valence-electron chi connectivity index (χ2n) is 6.60. The number of benzene rings is 1. The SMILES string of the molecule is CCCNC(Cc1cccc(OC)c1)C1CC2CC2C1. The maximum Gasteiger partial charge on any atom is 0.119 e. The smallest absolute Gasteiger partial charge is 0.119 e. The number of ether oxygens (including phenoxy) is 1. The van der Waals surface area contributed by atoms with E-state index in [0.717, 1.165) is 36.5 Å². The van der Waals surface area contributed by atoms with Gasteiger partial charge in [0.25, 0.3) is 0 Å². The van der Waals surface area contributed by atoms with Gasteiger partial charge in [0.05, 0.1) is 7.11 Å². The first-order valence-electron chi connectivity index (χ1n) is 8.16. The Morgan fingerprint density at radius 2 is 2.05 bits per heavy atom. The molecule has 20 heavy (non-hydrogen) atoms. The van der Waals surface area contributed by atoms with Crippen LogP contribution in [0.3, 0.4) is 0 Å². The maximum atomic E-state index is 5.35. The molecule has 1 aromatic rings. The van der Waals surface area contributed by atoms with Gasteiger partial charge >= 0.3 is 0 Å². The summed E-state index contributed by atoms with van der Waals surface area (Å²) in [6, 6.07) is 9.21. The third-order valence-electron chi connectivity index (χ3n) is 5.10. The molecule has 3 unspecified atom stereocenters. The molecule has 1 N–H and O–H groups in total. The van der Waals surface area contributed by atoms with E-state index in [1.54, 1.807) is 7.11 Å². The minimum absolute atomic E-state index is 0.648. The summed E-state index contributed by atoms with van der Waals surface area (Å²) in [7, 11) is 1.75. The van der Waals surface area contributed by atoms with Gasteiger partial charge in [-0.1, -0.05) is 19.1 Å². The second kappa shape index (κ2) is 6.17. The van der Waals surface area contributed by atoms with Gasteiger partial charge in [-0.15, -0.1) is 0 Å². The van der Waals surface area contributed by atoms with Gasteiger partial charge < -0.3 is 10.1 Å². The fourth-order valence-corrected chi connectivity index (χ4v) is 3.88. The molecule has 0 heterocycles. The van der Waals surface area contributed by atoms with Crippen molar-refractivity contribution in [3.05, 3.63) is 29.8 Å². The van der Waals surface area contributed by atoms with Crippen LogP contribution in [0.5, 0.6) is 5.75 Å². The molecule has 0 radical (unpaired) electrons. The third-order valence-corrected chi connectivity index (χ3v) is 5.10. The zero-order valence-corrected chi connectivity index (χ0v) is 12.8. The van der Waals surface area contributed by atoms with Crippen molar-refractivity contribution in [2.24, 2.45) is 17.8 Å². The maximum absolute atomic E-state index is 5.35. The highest BCUT2D eigenvalue weighted by molar-refractivity contribution is 5.29. The molecule has 0 bridgehead atoms. The molecule has 3 atom stereocenters. The summed E-state index contributed by atoms with van der Waals surface area (Å²) in [5.74, 6) is 4.00. The fourth-order valence-electron chi connectivity index (χ4n) is 3.88. The molecule has 2 saturated carbocycles. The van der Waals surface area contributed by atoms with Gasteiger partial charge in [-0.2, -0.15) is 0 Å². The van der Waals surface area contributed by atoms with Gasteiger partial charge in [0.1, 0.15) is 5.75 Å². The highest BCUT2D eigenvalue weighted by Gasteiger charge is 2.47. The summed E-state index contributed by atoms with van der Waals surface area (Å²) in [6.45, 7) is 3.39. The summed E-state index contributed by atoms with van der Waals surface area (Å²) < 4.78 is 5.35. The minimum atomic E-state index is 0.648.